The number of benzene rings is 1. The standard InChI is InChI=1S/C14H18N2O5S/c17-13(16-8-2-1-3-9-16)10-15-22(20,21)12-6-4-11(5-7-12)14(18)19/h4-7,15H,1-3,8-10H2,(H,18,19). The Hall–Kier alpha value is -1.93. The number of rotatable bonds is 5. The van der Waals surface area contributed by atoms with Gasteiger partial charge in [0, 0.05) is 13.1 Å². The summed E-state index contributed by atoms with van der Waals surface area (Å²) in [6.45, 7) is 1.03. The number of carboxylic acids is 1. The fourth-order valence-corrected chi connectivity index (χ4v) is 3.25. The molecule has 1 aliphatic heterocycles. The monoisotopic (exact) mass is 326 g/mol. The van der Waals surface area contributed by atoms with E-state index in [0.29, 0.717) is 13.1 Å². The van der Waals surface area contributed by atoms with Crippen LogP contribution >= 0.6 is 0 Å². The fourth-order valence-electron chi connectivity index (χ4n) is 2.27. The molecule has 1 aromatic rings. The molecule has 1 aromatic carbocycles. The molecule has 0 saturated carbocycles. The predicted molar refractivity (Wildman–Crippen MR) is 79.0 cm³/mol. The fraction of sp³-hybridized carbons (Fsp3) is 0.429. The van der Waals surface area contributed by atoms with E-state index in [0.717, 1.165) is 19.3 Å². The van der Waals surface area contributed by atoms with Gasteiger partial charge in [0.15, 0.2) is 0 Å². The van der Waals surface area contributed by atoms with Gasteiger partial charge in [-0.15, -0.1) is 0 Å². The number of amides is 1. The van der Waals surface area contributed by atoms with Crippen molar-refractivity contribution in [2.24, 2.45) is 0 Å². The van der Waals surface area contributed by atoms with E-state index in [9.17, 15) is 18.0 Å². The summed E-state index contributed by atoms with van der Waals surface area (Å²) in [6, 6.07) is 4.83. The Bertz CT molecular complexity index is 648. The summed E-state index contributed by atoms with van der Waals surface area (Å²) in [6.07, 6.45) is 2.97. The van der Waals surface area contributed by atoms with Crippen molar-refractivity contribution in [3.8, 4) is 0 Å². The van der Waals surface area contributed by atoms with Crippen LogP contribution < -0.4 is 4.72 Å². The first-order chi connectivity index (χ1) is 10.4. The molecule has 1 heterocycles. The van der Waals surface area contributed by atoms with Crippen LogP contribution in [0.4, 0.5) is 0 Å². The molecular formula is C14H18N2O5S. The van der Waals surface area contributed by atoms with Crippen molar-refractivity contribution in [1.82, 2.24) is 9.62 Å². The average Bonchev–Trinajstić information content (AvgIpc) is 2.53. The van der Waals surface area contributed by atoms with Gasteiger partial charge in [-0.2, -0.15) is 0 Å². The minimum absolute atomic E-state index is 0.00310. The number of carboxylic acid groups (broad SMARTS) is 1. The Kier molecular flexibility index (Phi) is 5.15. The molecule has 22 heavy (non-hydrogen) atoms. The molecule has 0 aromatic heterocycles. The maximum Gasteiger partial charge on any atom is 0.335 e. The Balaban J connectivity index is 1.98. The van der Waals surface area contributed by atoms with Crippen molar-refractivity contribution in [3.05, 3.63) is 29.8 Å². The van der Waals surface area contributed by atoms with Gasteiger partial charge < -0.3 is 10.0 Å². The second-order valence-corrected chi connectivity index (χ2v) is 6.86. The summed E-state index contributed by atoms with van der Waals surface area (Å²) in [4.78, 5) is 24.3. The number of carbonyl (C=O) groups excluding carboxylic acids is 1. The van der Waals surface area contributed by atoms with Crippen molar-refractivity contribution in [1.29, 1.82) is 0 Å². The zero-order chi connectivity index (χ0) is 16.2. The number of sulfonamides is 1. The van der Waals surface area contributed by atoms with Crippen molar-refractivity contribution in [3.63, 3.8) is 0 Å². The van der Waals surface area contributed by atoms with Crippen molar-refractivity contribution in [2.75, 3.05) is 19.6 Å². The van der Waals surface area contributed by atoms with E-state index in [1.165, 1.54) is 24.3 Å². The number of hydrogen-bond acceptors (Lipinski definition) is 4. The number of carbonyl (C=O) groups is 2. The zero-order valence-electron chi connectivity index (χ0n) is 12.0. The van der Waals surface area contributed by atoms with Gasteiger partial charge in [0.05, 0.1) is 17.0 Å². The molecule has 1 saturated heterocycles. The highest BCUT2D eigenvalue weighted by molar-refractivity contribution is 7.89. The van der Waals surface area contributed by atoms with Gasteiger partial charge in [0.25, 0.3) is 0 Å². The number of hydrogen-bond donors (Lipinski definition) is 2. The molecule has 2 N–H and O–H groups in total. The minimum Gasteiger partial charge on any atom is -0.478 e. The van der Waals surface area contributed by atoms with Gasteiger partial charge in [-0.25, -0.2) is 17.9 Å². The summed E-state index contributed by atoms with van der Waals surface area (Å²) >= 11 is 0. The molecule has 2 rings (SSSR count). The molecule has 0 unspecified atom stereocenters. The smallest absolute Gasteiger partial charge is 0.335 e. The molecule has 1 amide bonds. The van der Waals surface area contributed by atoms with Gasteiger partial charge >= 0.3 is 5.97 Å². The van der Waals surface area contributed by atoms with Gasteiger partial charge in [-0.3, -0.25) is 4.79 Å². The number of aromatic carboxylic acids is 1. The zero-order valence-corrected chi connectivity index (χ0v) is 12.8. The van der Waals surface area contributed by atoms with Crippen LogP contribution in [0.2, 0.25) is 0 Å². The molecule has 1 aliphatic rings. The third-order valence-electron chi connectivity index (χ3n) is 3.53. The average molecular weight is 326 g/mol. The van der Waals surface area contributed by atoms with E-state index in [1.807, 2.05) is 0 Å². The number of nitrogens with zero attached hydrogens (tertiary/aromatic N) is 1. The highest BCUT2D eigenvalue weighted by Crippen LogP contribution is 2.11. The Morgan fingerprint density at radius 2 is 1.68 bits per heavy atom. The molecule has 7 nitrogen and oxygen atoms in total. The van der Waals surface area contributed by atoms with Gasteiger partial charge in [0.2, 0.25) is 15.9 Å². The van der Waals surface area contributed by atoms with E-state index in [-0.39, 0.29) is 22.9 Å². The first kappa shape index (κ1) is 16.4. The predicted octanol–water partition coefficient (Wildman–Crippen LogP) is 0.676. The van der Waals surface area contributed by atoms with E-state index < -0.39 is 16.0 Å². The van der Waals surface area contributed by atoms with E-state index in [1.54, 1.807) is 4.90 Å². The summed E-state index contributed by atoms with van der Waals surface area (Å²) in [5, 5.41) is 8.78. The second kappa shape index (κ2) is 6.89. The van der Waals surface area contributed by atoms with E-state index in [4.69, 9.17) is 5.11 Å². The Morgan fingerprint density at radius 1 is 1.09 bits per heavy atom. The summed E-state index contributed by atoms with van der Waals surface area (Å²) in [7, 11) is -3.83. The lowest BCUT2D eigenvalue weighted by Gasteiger charge is -2.26. The summed E-state index contributed by atoms with van der Waals surface area (Å²) in [5.74, 6) is -1.37. The Morgan fingerprint density at radius 3 is 2.23 bits per heavy atom. The van der Waals surface area contributed by atoms with Crippen LogP contribution in [0.3, 0.4) is 0 Å². The lowest BCUT2D eigenvalue weighted by molar-refractivity contribution is -0.130. The summed E-state index contributed by atoms with van der Waals surface area (Å²) < 4.78 is 26.4. The third kappa shape index (κ3) is 4.05. The van der Waals surface area contributed by atoms with E-state index >= 15 is 0 Å². The normalized spacial score (nSPS) is 15.5. The van der Waals surface area contributed by atoms with Crippen LogP contribution in [-0.4, -0.2) is 49.9 Å². The van der Waals surface area contributed by atoms with Gasteiger partial charge in [-0.1, -0.05) is 0 Å². The molecule has 0 radical (unpaired) electrons. The van der Waals surface area contributed by atoms with Gasteiger partial charge in [0.1, 0.15) is 0 Å². The first-order valence-electron chi connectivity index (χ1n) is 7.01. The lowest BCUT2D eigenvalue weighted by Crippen LogP contribution is -2.42. The molecular weight excluding hydrogens is 308 g/mol. The molecule has 0 spiro atoms. The minimum atomic E-state index is -3.83. The molecule has 0 atom stereocenters. The first-order valence-corrected chi connectivity index (χ1v) is 8.49. The highest BCUT2D eigenvalue weighted by atomic mass is 32.2. The maximum absolute atomic E-state index is 12.1. The van der Waals surface area contributed by atoms with Crippen molar-refractivity contribution in [2.45, 2.75) is 24.2 Å². The largest absolute Gasteiger partial charge is 0.478 e. The second-order valence-electron chi connectivity index (χ2n) is 5.10. The van der Waals surface area contributed by atoms with Crippen LogP contribution in [0.5, 0.6) is 0 Å². The molecule has 120 valence electrons. The maximum atomic E-state index is 12.1. The number of piperidine rings is 1. The van der Waals surface area contributed by atoms with Crippen molar-refractivity contribution >= 4 is 21.9 Å². The molecule has 0 bridgehead atoms. The van der Waals surface area contributed by atoms with Crippen LogP contribution in [-0.2, 0) is 14.8 Å². The van der Waals surface area contributed by atoms with Crippen LogP contribution in [0, 0.1) is 0 Å². The summed E-state index contributed by atoms with van der Waals surface area (Å²) in [5.41, 5.74) is 0.00310. The molecule has 1 fully saturated rings. The van der Waals surface area contributed by atoms with E-state index in [2.05, 4.69) is 4.72 Å². The lowest BCUT2D eigenvalue weighted by atomic mass is 10.1. The SMILES string of the molecule is O=C(O)c1ccc(S(=O)(=O)NCC(=O)N2CCCCC2)cc1. The molecule has 8 heteroatoms. The van der Waals surface area contributed by atoms with Crippen molar-refractivity contribution < 1.29 is 23.1 Å². The quantitative estimate of drug-likeness (QED) is 0.828. The van der Waals surface area contributed by atoms with Crippen LogP contribution in [0.25, 0.3) is 0 Å². The number of likely N-dealkylation sites (tertiary alicyclic amines) is 1. The van der Waals surface area contributed by atoms with Gasteiger partial charge in [-0.05, 0) is 43.5 Å². The number of nitrogens with one attached hydrogen (secondary N) is 1. The van der Waals surface area contributed by atoms with Crippen LogP contribution in [0.1, 0.15) is 29.6 Å². The third-order valence-corrected chi connectivity index (χ3v) is 4.95. The Labute approximate surface area is 129 Å². The molecule has 0 aliphatic carbocycles. The highest BCUT2D eigenvalue weighted by Gasteiger charge is 2.20. The van der Waals surface area contributed by atoms with Crippen LogP contribution in [0.15, 0.2) is 29.2 Å². The topological polar surface area (TPSA) is 104 Å².